The van der Waals surface area contributed by atoms with Crippen LogP contribution in [0.15, 0.2) is 90.1 Å². The number of rotatable bonds is 5. The number of anilines is 1. The minimum atomic E-state index is -0.537. The molecule has 170 valence electrons. The van der Waals surface area contributed by atoms with Crippen LogP contribution in [0.3, 0.4) is 0 Å². The molecule has 0 saturated heterocycles. The highest BCUT2D eigenvalue weighted by atomic mass is 32.2. The van der Waals surface area contributed by atoms with Gasteiger partial charge in [-0.05, 0) is 29.8 Å². The van der Waals surface area contributed by atoms with Crippen LogP contribution >= 0.6 is 11.8 Å². The van der Waals surface area contributed by atoms with Crippen LogP contribution in [0.25, 0.3) is 11.4 Å². The third-order valence-corrected chi connectivity index (χ3v) is 6.67. The quantitative estimate of drug-likeness (QED) is 0.422. The van der Waals surface area contributed by atoms with Gasteiger partial charge in [-0.1, -0.05) is 72.4 Å². The molecule has 1 amide bonds. The normalized spacial score (nSPS) is 16.7. The SMILES string of the molecule is COC(=O)c1ccc([C@H]2Nn3c(nnc3-c3ccccc3)S[C@@H]2C(=O)Nc2ccccc2)cc1. The molecule has 9 heteroatoms. The first kappa shape index (κ1) is 21.7. The minimum absolute atomic E-state index is 0.166. The van der Waals surface area contributed by atoms with Crippen molar-refractivity contribution in [3.05, 3.63) is 96.1 Å². The van der Waals surface area contributed by atoms with Gasteiger partial charge >= 0.3 is 5.97 Å². The zero-order chi connectivity index (χ0) is 23.5. The van der Waals surface area contributed by atoms with Crippen LogP contribution < -0.4 is 10.7 Å². The van der Waals surface area contributed by atoms with E-state index in [9.17, 15) is 9.59 Å². The lowest BCUT2D eigenvalue weighted by Gasteiger charge is -2.33. The number of ether oxygens (including phenoxy) is 1. The molecule has 2 N–H and O–H groups in total. The highest BCUT2D eigenvalue weighted by Gasteiger charge is 2.38. The van der Waals surface area contributed by atoms with E-state index in [1.807, 2.05) is 77.5 Å². The monoisotopic (exact) mass is 471 g/mol. The van der Waals surface area contributed by atoms with Gasteiger partial charge < -0.3 is 15.5 Å². The van der Waals surface area contributed by atoms with Gasteiger partial charge in [-0.2, -0.15) is 0 Å². The molecule has 2 atom stereocenters. The van der Waals surface area contributed by atoms with Gasteiger partial charge in [0.15, 0.2) is 5.82 Å². The summed E-state index contributed by atoms with van der Waals surface area (Å²) in [4.78, 5) is 25.2. The summed E-state index contributed by atoms with van der Waals surface area (Å²) in [6, 6.07) is 25.7. The van der Waals surface area contributed by atoms with Gasteiger partial charge in [0.1, 0.15) is 5.25 Å². The predicted octanol–water partition coefficient (Wildman–Crippen LogP) is 4.13. The summed E-state index contributed by atoms with van der Waals surface area (Å²) >= 11 is 1.34. The van der Waals surface area contributed by atoms with Crippen molar-refractivity contribution in [3.63, 3.8) is 0 Å². The predicted molar refractivity (Wildman–Crippen MR) is 130 cm³/mol. The molecule has 0 saturated carbocycles. The standard InChI is InChI=1S/C25H21N5O3S/c1-33-24(32)18-14-12-16(13-15-18)20-21(23(31)26-19-10-6-3-7-11-19)34-25-28-27-22(30(25)29-20)17-8-4-2-5-9-17/h2-15,20-21,29H,1H3,(H,26,31)/t20-,21+/m1/s1. The average Bonchev–Trinajstić information content (AvgIpc) is 3.31. The van der Waals surface area contributed by atoms with Gasteiger partial charge in [0.05, 0.1) is 18.7 Å². The lowest BCUT2D eigenvalue weighted by molar-refractivity contribution is -0.116. The molecule has 0 spiro atoms. The molecule has 0 bridgehead atoms. The Balaban J connectivity index is 1.51. The molecule has 3 aromatic carbocycles. The number of hydrogen-bond donors (Lipinski definition) is 2. The van der Waals surface area contributed by atoms with Gasteiger partial charge in [-0.3, -0.25) is 4.79 Å². The van der Waals surface area contributed by atoms with Gasteiger partial charge in [0.2, 0.25) is 11.1 Å². The lowest BCUT2D eigenvalue weighted by Crippen LogP contribution is -2.41. The molecule has 4 aromatic rings. The minimum Gasteiger partial charge on any atom is -0.465 e. The van der Waals surface area contributed by atoms with Crippen LogP contribution in [0.4, 0.5) is 5.69 Å². The third-order valence-electron chi connectivity index (χ3n) is 5.46. The van der Waals surface area contributed by atoms with Gasteiger partial charge in [0.25, 0.3) is 0 Å². The molecule has 0 aliphatic carbocycles. The number of amides is 1. The molecule has 1 aromatic heterocycles. The summed E-state index contributed by atoms with van der Waals surface area (Å²) in [5.41, 5.74) is 6.33. The Morgan fingerprint density at radius 3 is 2.29 bits per heavy atom. The van der Waals surface area contributed by atoms with Crippen LogP contribution in [-0.2, 0) is 9.53 Å². The second-order valence-electron chi connectivity index (χ2n) is 7.62. The number of para-hydroxylation sites is 1. The number of hydrogen-bond acceptors (Lipinski definition) is 7. The second kappa shape index (κ2) is 9.40. The molecule has 0 fully saturated rings. The van der Waals surface area contributed by atoms with Crippen LogP contribution in [0.2, 0.25) is 0 Å². The molecule has 1 aliphatic heterocycles. The summed E-state index contributed by atoms with van der Waals surface area (Å²) < 4.78 is 6.62. The highest BCUT2D eigenvalue weighted by molar-refractivity contribution is 8.00. The van der Waals surface area contributed by atoms with Crippen molar-refractivity contribution < 1.29 is 14.3 Å². The van der Waals surface area contributed by atoms with E-state index in [1.165, 1.54) is 18.9 Å². The van der Waals surface area contributed by atoms with Gasteiger partial charge in [-0.25, -0.2) is 9.47 Å². The highest BCUT2D eigenvalue weighted by Crippen LogP contribution is 2.39. The van der Waals surface area contributed by atoms with Crippen LogP contribution in [-0.4, -0.2) is 39.1 Å². The maximum Gasteiger partial charge on any atom is 0.337 e. The number of fused-ring (bicyclic) bond motifs is 1. The zero-order valence-corrected chi connectivity index (χ0v) is 19.0. The Morgan fingerprint density at radius 1 is 0.941 bits per heavy atom. The van der Waals surface area contributed by atoms with Crippen LogP contribution in [0, 0.1) is 0 Å². The van der Waals surface area contributed by atoms with Gasteiger partial charge in [0, 0.05) is 11.3 Å². The zero-order valence-electron chi connectivity index (χ0n) is 18.2. The van der Waals surface area contributed by atoms with Crippen LogP contribution in [0.5, 0.6) is 0 Å². The number of benzene rings is 3. The van der Waals surface area contributed by atoms with Crippen molar-refractivity contribution in [1.82, 2.24) is 14.9 Å². The Labute approximate surface area is 200 Å². The summed E-state index contributed by atoms with van der Waals surface area (Å²) in [6.07, 6.45) is 0. The molecule has 34 heavy (non-hydrogen) atoms. The summed E-state index contributed by atoms with van der Waals surface area (Å²) in [7, 11) is 1.35. The lowest BCUT2D eigenvalue weighted by atomic mass is 10.0. The number of carbonyl (C=O) groups is 2. The first-order valence-electron chi connectivity index (χ1n) is 10.6. The van der Waals surface area contributed by atoms with Crippen molar-refractivity contribution in [2.75, 3.05) is 17.9 Å². The molecule has 0 radical (unpaired) electrons. The molecule has 0 unspecified atom stereocenters. The Bertz CT molecular complexity index is 1310. The van der Waals surface area contributed by atoms with E-state index in [2.05, 4.69) is 20.9 Å². The number of carbonyl (C=O) groups excluding carboxylic acids is 2. The first-order valence-corrected chi connectivity index (χ1v) is 11.5. The number of esters is 1. The second-order valence-corrected chi connectivity index (χ2v) is 8.73. The van der Waals surface area contributed by atoms with Crippen molar-refractivity contribution in [3.8, 4) is 11.4 Å². The van der Waals surface area contributed by atoms with E-state index >= 15 is 0 Å². The fourth-order valence-corrected chi connectivity index (χ4v) is 4.84. The summed E-state index contributed by atoms with van der Waals surface area (Å²) in [5.74, 6) is 0.0748. The van der Waals surface area contributed by atoms with E-state index in [1.54, 1.807) is 12.1 Å². The van der Waals surface area contributed by atoms with Crippen molar-refractivity contribution >= 4 is 29.3 Å². The Kier molecular flexibility index (Phi) is 6.01. The Hall–Kier alpha value is -4.11. The van der Waals surface area contributed by atoms with E-state index in [0.717, 1.165) is 11.1 Å². The van der Waals surface area contributed by atoms with E-state index in [4.69, 9.17) is 4.74 Å². The number of thioether (sulfide) groups is 1. The molecular weight excluding hydrogens is 450 g/mol. The molecular formula is C25H21N5O3S. The van der Waals surface area contributed by atoms with Crippen molar-refractivity contribution in [1.29, 1.82) is 0 Å². The molecule has 5 rings (SSSR count). The van der Waals surface area contributed by atoms with E-state index < -0.39 is 17.3 Å². The van der Waals surface area contributed by atoms with Crippen LogP contribution in [0.1, 0.15) is 22.0 Å². The smallest absolute Gasteiger partial charge is 0.337 e. The Morgan fingerprint density at radius 2 is 1.62 bits per heavy atom. The van der Waals surface area contributed by atoms with Crippen molar-refractivity contribution in [2.45, 2.75) is 16.4 Å². The van der Waals surface area contributed by atoms with E-state index in [-0.39, 0.29) is 5.91 Å². The fourth-order valence-electron chi connectivity index (χ4n) is 3.76. The summed E-state index contributed by atoms with van der Waals surface area (Å²) in [5, 5.41) is 11.7. The summed E-state index contributed by atoms with van der Waals surface area (Å²) in [6.45, 7) is 0. The number of nitrogens with zero attached hydrogens (tertiary/aromatic N) is 3. The number of nitrogens with one attached hydrogen (secondary N) is 2. The average molecular weight is 472 g/mol. The first-order chi connectivity index (χ1) is 16.6. The number of aromatic nitrogens is 3. The fraction of sp³-hybridized carbons (Fsp3) is 0.120. The van der Waals surface area contributed by atoms with Gasteiger partial charge in [-0.15, -0.1) is 10.2 Å². The molecule has 2 heterocycles. The van der Waals surface area contributed by atoms with Crippen molar-refractivity contribution in [2.24, 2.45) is 0 Å². The molecule has 8 nitrogen and oxygen atoms in total. The molecule has 1 aliphatic rings. The topological polar surface area (TPSA) is 98.1 Å². The largest absolute Gasteiger partial charge is 0.465 e. The maximum atomic E-state index is 13.4. The van der Waals surface area contributed by atoms with E-state index in [0.29, 0.717) is 22.2 Å². The maximum absolute atomic E-state index is 13.4. The third kappa shape index (κ3) is 4.25. The number of methoxy groups -OCH3 is 1.